The van der Waals surface area contributed by atoms with Gasteiger partial charge in [-0.1, -0.05) is 19.0 Å². The van der Waals surface area contributed by atoms with Gasteiger partial charge in [0.25, 0.3) is 0 Å². The van der Waals surface area contributed by atoms with E-state index in [0.717, 1.165) is 5.82 Å². The Labute approximate surface area is 104 Å². The van der Waals surface area contributed by atoms with Gasteiger partial charge >= 0.3 is 0 Å². The molecule has 0 aliphatic rings. The lowest BCUT2D eigenvalue weighted by Gasteiger charge is -2.07. The van der Waals surface area contributed by atoms with Crippen LogP contribution in [0.15, 0.2) is 4.52 Å². The van der Waals surface area contributed by atoms with Crippen LogP contribution in [0.4, 0.5) is 0 Å². The summed E-state index contributed by atoms with van der Waals surface area (Å²) in [6.07, 6.45) is 0.685. The van der Waals surface area contributed by atoms with E-state index in [0.29, 0.717) is 35.4 Å². The molecule has 17 heavy (non-hydrogen) atoms. The molecule has 2 heterocycles. The molecule has 0 amide bonds. The van der Waals surface area contributed by atoms with Crippen LogP contribution in [0.5, 0.6) is 0 Å². The van der Waals surface area contributed by atoms with Crippen molar-refractivity contribution in [1.29, 1.82) is 0 Å². The number of rotatable bonds is 4. The Morgan fingerprint density at radius 3 is 2.82 bits per heavy atom. The van der Waals surface area contributed by atoms with Gasteiger partial charge < -0.3 is 9.09 Å². The van der Waals surface area contributed by atoms with Gasteiger partial charge in [-0.05, 0) is 12.2 Å². The second-order valence-electron chi connectivity index (χ2n) is 4.17. The Morgan fingerprint density at radius 1 is 1.47 bits per heavy atom. The van der Waals surface area contributed by atoms with Crippen molar-refractivity contribution < 1.29 is 4.52 Å². The molecular formula is C10H15N5OS. The zero-order chi connectivity index (χ0) is 12.4. The Kier molecular flexibility index (Phi) is 3.37. The lowest BCUT2D eigenvalue weighted by atomic mass is 10.2. The van der Waals surface area contributed by atoms with E-state index in [1.807, 2.05) is 4.57 Å². The Morgan fingerprint density at radius 2 is 2.24 bits per heavy atom. The average Bonchev–Trinajstić information content (AvgIpc) is 2.82. The van der Waals surface area contributed by atoms with Crippen molar-refractivity contribution in [2.24, 2.45) is 0 Å². The molecule has 2 aromatic rings. The van der Waals surface area contributed by atoms with Crippen LogP contribution in [0.25, 0.3) is 0 Å². The SMILES string of the molecule is Cc1nc(CCn2c(C(C)C)n[nH]c2=S)no1. The number of H-pyrrole nitrogens is 1. The van der Waals surface area contributed by atoms with Crippen molar-refractivity contribution in [2.75, 3.05) is 0 Å². The number of hydrogen-bond donors (Lipinski definition) is 1. The maximum atomic E-state index is 5.19. The highest BCUT2D eigenvalue weighted by Gasteiger charge is 2.11. The fourth-order valence-electron chi connectivity index (χ4n) is 1.64. The third-order valence-corrected chi connectivity index (χ3v) is 2.74. The standard InChI is InChI=1S/C10H15N5OS/c1-6(2)9-12-13-10(17)15(9)5-4-8-11-7(3)16-14-8/h6H,4-5H2,1-3H3,(H,13,17). The van der Waals surface area contributed by atoms with Gasteiger partial charge in [-0.25, -0.2) is 0 Å². The van der Waals surface area contributed by atoms with Gasteiger partial charge in [0.15, 0.2) is 10.6 Å². The third-order valence-electron chi connectivity index (χ3n) is 2.43. The minimum absolute atomic E-state index is 0.329. The van der Waals surface area contributed by atoms with Gasteiger partial charge in [0.2, 0.25) is 5.89 Å². The van der Waals surface area contributed by atoms with Crippen LogP contribution in [-0.4, -0.2) is 24.9 Å². The molecule has 0 aliphatic heterocycles. The first-order chi connectivity index (χ1) is 8.08. The van der Waals surface area contributed by atoms with Gasteiger partial charge in [0, 0.05) is 25.8 Å². The topological polar surface area (TPSA) is 72.5 Å². The predicted molar refractivity (Wildman–Crippen MR) is 64.2 cm³/mol. The van der Waals surface area contributed by atoms with Crippen molar-refractivity contribution in [2.45, 2.75) is 39.7 Å². The molecule has 0 bridgehead atoms. The first kappa shape index (κ1) is 12.0. The molecule has 0 saturated carbocycles. The van der Waals surface area contributed by atoms with Crippen LogP contribution in [0.2, 0.25) is 0 Å². The first-order valence-electron chi connectivity index (χ1n) is 5.52. The van der Waals surface area contributed by atoms with Crippen LogP contribution in [0.3, 0.4) is 0 Å². The van der Waals surface area contributed by atoms with Crippen molar-refractivity contribution in [3.63, 3.8) is 0 Å². The van der Waals surface area contributed by atoms with Gasteiger partial charge in [-0.3, -0.25) is 5.10 Å². The number of nitrogens with zero attached hydrogens (tertiary/aromatic N) is 4. The smallest absolute Gasteiger partial charge is 0.223 e. The van der Waals surface area contributed by atoms with Gasteiger partial charge in [0.1, 0.15) is 5.82 Å². The van der Waals surface area contributed by atoms with Crippen LogP contribution in [-0.2, 0) is 13.0 Å². The third kappa shape index (κ3) is 2.60. The van der Waals surface area contributed by atoms with E-state index in [4.69, 9.17) is 16.7 Å². The summed E-state index contributed by atoms with van der Waals surface area (Å²) >= 11 is 5.19. The molecule has 0 spiro atoms. The lowest BCUT2D eigenvalue weighted by Crippen LogP contribution is -2.08. The summed E-state index contributed by atoms with van der Waals surface area (Å²) in [7, 11) is 0. The quantitative estimate of drug-likeness (QED) is 0.844. The van der Waals surface area contributed by atoms with Crippen molar-refractivity contribution in [3.05, 3.63) is 22.3 Å². The Balaban J connectivity index is 2.13. The summed E-state index contributed by atoms with van der Waals surface area (Å²) in [6, 6.07) is 0. The van der Waals surface area contributed by atoms with E-state index in [1.54, 1.807) is 6.92 Å². The second-order valence-corrected chi connectivity index (χ2v) is 4.56. The largest absolute Gasteiger partial charge is 0.340 e. The molecule has 0 fully saturated rings. The molecule has 0 unspecified atom stereocenters. The molecule has 2 aromatic heterocycles. The van der Waals surface area contributed by atoms with E-state index in [1.165, 1.54) is 0 Å². The lowest BCUT2D eigenvalue weighted by molar-refractivity contribution is 0.386. The van der Waals surface area contributed by atoms with E-state index in [2.05, 4.69) is 34.2 Å². The Bertz CT molecular complexity index is 553. The number of hydrogen-bond acceptors (Lipinski definition) is 5. The highest BCUT2D eigenvalue weighted by molar-refractivity contribution is 7.71. The average molecular weight is 253 g/mol. The predicted octanol–water partition coefficient (Wildman–Crippen LogP) is 2.00. The summed E-state index contributed by atoms with van der Waals surface area (Å²) in [5.74, 6) is 2.56. The van der Waals surface area contributed by atoms with E-state index in [9.17, 15) is 0 Å². The number of aromatic amines is 1. The maximum Gasteiger partial charge on any atom is 0.223 e. The molecule has 6 nitrogen and oxygen atoms in total. The summed E-state index contributed by atoms with van der Waals surface area (Å²) in [4.78, 5) is 4.16. The summed E-state index contributed by atoms with van der Waals surface area (Å²) in [5, 5.41) is 10.9. The van der Waals surface area contributed by atoms with E-state index >= 15 is 0 Å². The molecule has 0 radical (unpaired) electrons. The molecule has 2 rings (SSSR count). The summed E-state index contributed by atoms with van der Waals surface area (Å²) in [6.45, 7) is 6.65. The van der Waals surface area contributed by atoms with E-state index < -0.39 is 0 Å². The van der Waals surface area contributed by atoms with Gasteiger partial charge in [0.05, 0.1) is 0 Å². The normalized spacial score (nSPS) is 11.3. The van der Waals surface area contributed by atoms with Crippen LogP contribution >= 0.6 is 12.2 Å². The van der Waals surface area contributed by atoms with Crippen LogP contribution in [0, 0.1) is 11.7 Å². The summed E-state index contributed by atoms with van der Waals surface area (Å²) in [5.41, 5.74) is 0. The zero-order valence-corrected chi connectivity index (χ0v) is 10.9. The molecule has 7 heteroatoms. The minimum Gasteiger partial charge on any atom is -0.340 e. The highest BCUT2D eigenvalue weighted by Crippen LogP contribution is 2.12. The molecular weight excluding hydrogens is 238 g/mol. The monoisotopic (exact) mass is 253 g/mol. The molecule has 0 aromatic carbocycles. The number of aryl methyl sites for hydroxylation is 2. The molecule has 0 atom stereocenters. The molecule has 0 saturated heterocycles. The van der Waals surface area contributed by atoms with E-state index in [-0.39, 0.29) is 0 Å². The first-order valence-corrected chi connectivity index (χ1v) is 5.93. The summed E-state index contributed by atoms with van der Waals surface area (Å²) < 4.78 is 7.53. The fraction of sp³-hybridized carbons (Fsp3) is 0.600. The molecule has 0 aliphatic carbocycles. The van der Waals surface area contributed by atoms with Gasteiger partial charge in [-0.2, -0.15) is 10.1 Å². The van der Waals surface area contributed by atoms with Crippen molar-refractivity contribution >= 4 is 12.2 Å². The Hall–Kier alpha value is -1.50. The second kappa shape index (κ2) is 4.79. The minimum atomic E-state index is 0.329. The highest BCUT2D eigenvalue weighted by atomic mass is 32.1. The van der Waals surface area contributed by atoms with Crippen molar-refractivity contribution in [1.82, 2.24) is 24.9 Å². The maximum absolute atomic E-state index is 5.19. The number of nitrogens with one attached hydrogen (secondary N) is 1. The number of aromatic nitrogens is 5. The molecule has 1 N–H and O–H groups in total. The van der Waals surface area contributed by atoms with Crippen LogP contribution in [0.1, 0.15) is 37.3 Å². The zero-order valence-electron chi connectivity index (χ0n) is 10.1. The van der Waals surface area contributed by atoms with Crippen LogP contribution < -0.4 is 0 Å². The van der Waals surface area contributed by atoms with Crippen molar-refractivity contribution in [3.8, 4) is 0 Å². The molecule has 92 valence electrons. The fourth-order valence-corrected chi connectivity index (χ4v) is 1.87. The van der Waals surface area contributed by atoms with Gasteiger partial charge in [-0.15, -0.1) is 0 Å².